The van der Waals surface area contributed by atoms with Crippen molar-refractivity contribution in [3.63, 3.8) is 0 Å². The van der Waals surface area contributed by atoms with Crippen molar-refractivity contribution in [2.45, 2.75) is 136 Å². The zero-order valence-corrected chi connectivity index (χ0v) is 29.8. The van der Waals surface area contributed by atoms with E-state index in [-0.39, 0.29) is 53.7 Å². The number of urea groups is 1. The average Bonchev–Trinajstić information content (AvgIpc) is 3.76. The van der Waals surface area contributed by atoms with Crippen LogP contribution in [0.2, 0.25) is 0 Å². The van der Waals surface area contributed by atoms with Gasteiger partial charge in [0.15, 0.2) is 5.78 Å². The van der Waals surface area contributed by atoms with E-state index >= 15 is 0 Å². The molecule has 0 aromatic carbocycles. The Bertz CT molecular complexity index is 1040. The monoisotopic (exact) mass is 649 g/mol. The number of methoxy groups -OCH3 is 1. The molecule has 11 nitrogen and oxygen atoms in total. The van der Waals surface area contributed by atoms with Crippen LogP contribution in [-0.4, -0.2) is 79.4 Å². The summed E-state index contributed by atoms with van der Waals surface area (Å²) in [7, 11) is 3.39. The van der Waals surface area contributed by atoms with Gasteiger partial charge in [0.05, 0.1) is 24.6 Å². The first-order valence-corrected chi connectivity index (χ1v) is 17.4. The number of likely N-dealkylation sites (N-methyl/N-ethyl adjacent to an activating group) is 1. The summed E-state index contributed by atoms with van der Waals surface area (Å²) in [4.78, 5) is 66.2. The molecule has 5 amide bonds. The molecule has 0 aromatic rings. The second-order valence-corrected chi connectivity index (χ2v) is 15.5. The number of hydrogen-bond donors (Lipinski definition) is 4. The molecule has 0 saturated heterocycles. The number of carbonyl (C=O) groups is 5. The minimum absolute atomic E-state index is 0.0209. The highest BCUT2D eigenvalue weighted by molar-refractivity contribution is 6.01. The van der Waals surface area contributed by atoms with Crippen molar-refractivity contribution >= 4 is 29.5 Å². The predicted octanol–water partition coefficient (Wildman–Crippen LogP) is 4.32. The van der Waals surface area contributed by atoms with E-state index < -0.39 is 23.5 Å². The first-order chi connectivity index (χ1) is 21.5. The number of Topliss-reactive ketones (excluding diaryl/α,β-unsaturated/α-hetero) is 1. The zero-order chi connectivity index (χ0) is 34.7. The molecule has 264 valence electrons. The topological polar surface area (TPSA) is 160 Å². The van der Waals surface area contributed by atoms with Crippen LogP contribution in [0.3, 0.4) is 0 Å². The molecule has 46 heavy (non-hydrogen) atoms. The van der Waals surface area contributed by atoms with Crippen molar-refractivity contribution in [1.29, 1.82) is 0 Å². The van der Waals surface area contributed by atoms with E-state index in [2.05, 4.69) is 50.6 Å². The predicted molar refractivity (Wildman–Crippen MR) is 180 cm³/mol. The van der Waals surface area contributed by atoms with Crippen molar-refractivity contribution in [1.82, 2.24) is 20.9 Å². The molecule has 0 aliphatic heterocycles. The first-order valence-electron chi connectivity index (χ1n) is 17.4. The molecule has 0 aromatic heterocycles. The van der Waals surface area contributed by atoms with E-state index in [9.17, 15) is 24.0 Å². The van der Waals surface area contributed by atoms with Crippen LogP contribution < -0.4 is 21.7 Å². The molecule has 2 aliphatic carbocycles. The highest BCUT2D eigenvalue weighted by Crippen LogP contribution is 2.40. The quantitative estimate of drug-likeness (QED) is 0.144. The van der Waals surface area contributed by atoms with Crippen molar-refractivity contribution in [2.75, 3.05) is 27.3 Å². The van der Waals surface area contributed by atoms with Gasteiger partial charge in [-0.15, -0.1) is 0 Å². The molecule has 0 heterocycles. The van der Waals surface area contributed by atoms with Gasteiger partial charge in [0.25, 0.3) is 0 Å². The highest BCUT2D eigenvalue weighted by atomic mass is 16.5. The summed E-state index contributed by atoms with van der Waals surface area (Å²) in [6.07, 6.45) is 8.49. The van der Waals surface area contributed by atoms with Gasteiger partial charge in [-0.25, -0.2) is 4.79 Å². The lowest BCUT2D eigenvalue weighted by atomic mass is 9.70. The normalized spacial score (nSPS) is 19.4. The van der Waals surface area contributed by atoms with Crippen LogP contribution in [0.25, 0.3) is 0 Å². The maximum absolute atomic E-state index is 14.2. The van der Waals surface area contributed by atoms with E-state index in [1.54, 1.807) is 19.1 Å². The van der Waals surface area contributed by atoms with Gasteiger partial charge in [-0.05, 0) is 68.1 Å². The first kappa shape index (κ1) is 39.5. The van der Waals surface area contributed by atoms with Gasteiger partial charge < -0.3 is 31.3 Å². The summed E-state index contributed by atoms with van der Waals surface area (Å²) >= 11 is 0. The van der Waals surface area contributed by atoms with Crippen molar-refractivity contribution in [2.24, 2.45) is 34.8 Å². The van der Waals surface area contributed by atoms with Crippen LogP contribution in [0.1, 0.15) is 119 Å². The fourth-order valence-electron chi connectivity index (χ4n) is 7.12. The molecular weight excluding hydrogens is 586 g/mol. The molecule has 2 saturated carbocycles. The maximum Gasteiger partial charge on any atom is 0.315 e. The standard InChI is InChI=1S/C35H63N5O6/c1-23(2)20-35(6,22-46-8)39-33(45)38-31(34(5)16-10-9-11-17-34)32(44)40(7)21-26(24(3)4)14-15-30(43)37-27(18-25-12-13-25)28(41)19-29(36)42/h23-27,31H,9-22H2,1-8H3,(H2,36,42)(H,37,43)(H2,38,39,45)/t26-,27?,31?,35-/m1/s1. The number of rotatable bonds is 20. The molecule has 0 radical (unpaired) electrons. The zero-order valence-electron chi connectivity index (χ0n) is 29.8. The van der Waals surface area contributed by atoms with E-state index in [0.29, 0.717) is 37.8 Å². The van der Waals surface area contributed by atoms with Gasteiger partial charge in [-0.1, -0.05) is 66.7 Å². The number of carbonyl (C=O) groups excluding carboxylic acids is 5. The van der Waals surface area contributed by atoms with Crippen LogP contribution in [0.15, 0.2) is 0 Å². The van der Waals surface area contributed by atoms with Gasteiger partial charge in [-0.2, -0.15) is 0 Å². The van der Waals surface area contributed by atoms with Crippen LogP contribution in [0.4, 0.5) is 4.79 Å². The van der Waals surface area contributed by atoms with Crippen molar-refractivity contribution in [3.8, 4) is 0 Å². The van der Waals surface area contributed by atoms with Crippen molar-refractivity contribution < 1.29 is 28.7 Å². The Morgan fingerprint density at radius 2 is 1.65 bits per heavy atom. The third-order valence-corrected chi connectivity index (χ3v) is 9.86. The molecule has 5 N–H and O–H groups in total. The Labute approximate surface area is 277 Å². The summed E-state index contributed by atoms with van der Waals surface area (Å²) in [5.41, 5.74) is 4.28. The number of amides is 5. The lowest BCUT2D eigenvalue weighted by molar-refractivity contribution is -0.136. The van der Waals surface area contributed by atoms with E-state index in [0.717, 1.165) is 51.4 Å². The Morgan fingerprint density at radius 3 is 2.17 bits per heavy atom. The average molecular weight is 650 g/mol. The Hall–Kier alpha value is -2.69. The maximum atomic E-state index is 14.2. The molecule has 0 bridgehead atoms. The highest BCUT2D eigenvalue weighted by Gasteiger charge is 2.43. The van der Waals surface area contributed by atoms with Crippen LogP contribution in [-0.2, 0) is 23.9 Å². The second kappa shape index (κ2) is 18.0. The molecule has 2 unspecified atom stereocenters. The molecule has 4 atom stereocenters. The minimum Gasteiger partial charge on any atom is -0.382 e. The lowest BCUT2D eigenvalue weighted by Crippen LogP contribution is -2.61. The Kier molecular flexibility index (Phi) is 15.5. The van der Waals surface area contributed by atoms with Gasteiger partial charge in [0.1, 0.15) is 6.04 Å². The van der Waals surface area contributed by atoms with Crippen molar-refractivity contribution in [3.05, 3.63) is 0 Å². The third kappa shape index (κ3) is 13.2. The third-order valence-electron chi connectivity index (χ3n) is 9.86. The summed E-state index contributed by atoms with van der Waals surface area (Å²) in [5.74, 6) is -0.467. The molecule has 2 aliphatic rings. The number of ketones is 1. The van der Waals surface area contributed by atoms with E-state index in [4.69, 9.17) is 10.5 Å². The summed E-state index contributed by atoms with van der Waals surface area (Å²) < 4.78 is 5.43. The van der Waals surface area contributed by atoms with Crippen LogP contribution in [0, 0.1) is 29.1 Å². The summed E-state index contributed by atoms with van der Waals surface area (Å²) in [6.45, 7) is 13.2. The summed E-state index contributed by atoms with van der Waals surface area (Å²) in [5, 5.41) is 9.05. The summed E-state index contributed by atoms with van der Waals surface area (Å²) in [6, 6.07) is -1.77. The molecule has 2 rings (SSSR count). The largest absolute Gasteiger partial charge is 0.382 e. The number of nitrogens with two attached hydrogens (primary N) is 1. The number of nitrogens with one attached hydrogen (secondary N) is 3. The van der Waals surface area contributed by atoms with E-state index in [1.165, 1.54) is 0 Å². The Morgan fingerprint density at radius 1 is 1.02 bits per heavy atom. The van der Waals surface area contributed by atoms with Crippen LogP contribution >= 0.6 is 0 Å². The minimum atomic E-state index is -0.699. The fraction of sp³-hybridized carbons (Fsp3) is 0.857. The van der Waals surface area contributed by atoms with Gasteiger partial charge in [0.2, 0.25) is 17.7 Å². The smallest absolute Gasteiger partial charge is 0.315 e. The molecular formula is C35H63N5O6. The lowest BCUT2D eigenvalue weighted by Gasteiger charge is -2.42. The Balaban J connectivity index is 2.11. The fourth-order valence-corrected chi connectivity index (χ4v) is 7.12. The number of ether oxygens (including phenoxy) is 1. The van der Waals surface area contributed by atoms with Gasteiger partial charge in [0, 0.05) is 27.1 Å². The second-order valence-electron chi connectivity index (χ2n) is 15.5. The number of nitrogens with zero attached hydrogens (tertiary/aromatic N) is 1. The van der Waals surface area contributed by atoms with Gasteiger partial charge in [-0.3, -0.25) is 19.2 Å². The number of hydrogen-bond acceptors (Lipinski definition) is 6. The van der Waals surface area contributed by atoms with E-state index in [1.807, 2.05) is 6.92 Å². The van der Waals surface area contributed by atoms with Crippen LogP contribution in [0.5, 0.6) is 0 Å². The van der Waals surface area contributed by atoms with Gasteiger partial charge >= 0.3 is 6.03 Å². The molecule has 11 heteroatoms. The SMILES string of the molecule is COC[C@@](C)(CC(C)C)NC(=O)NC(C(=O)N(C)C[C@@H](CCC(=O)NC(CC1CC1)C(=O)CC(N)=O)C(C)C)C1(C)CCCCC1. The number of primary amides is 1. The molecule has 2 fully saturated rings. The molecule has 0 spiro atoms.